The maximum atomic E-state index is 13.0. The Morgan fingerprint density at radius 2 is 2.04 bits per heavy atom. The van der Waals surface area contributed by atoms with Crippen LogP contribution in [0.1, 0.15) is 57.6 Å². The van der Waals surface area contributed by atoms with Crippen LogP contribution in [0.2, 0.25) is 0 Å². The van der Waals surface area contributed by atoms with Crippen LogP contribution in [0.5, 0.6) is 5.75 Å². The molecule has 1 aromatic carbocycles. The molecule has 0 bridgehead atoms. The minimum absolute atomic E-state index is 0.0992. The number of rotatable bonds is 5. The normalized spacial score (nSPS) is 21.2. The summed E-state index contributed by atoms with van der Waals surface area (Å²) in [4.78, 5) is 27.0. The van der Waals surface area contributed by atoms with E-state index in [-0.39, 0.29) is 11.8 Å². The number of amides is 2. The van der Waals surface area contributed by atoms with E-state index in [1.165, 1.54) is 19.3 Å². The lowest BCUT2D eigenvalue weighted by Crippen LogP contribution is -2.48. The standard InChI is InChI=1S/C21H28N2O4/c1-3-23-19(16-10-7-11-17(24)12-16)18(14(2)22-21(23)26)20(25)27-13-15-8-5-4-6-9-15/h7,10-12,15,19,24H,3-6,8-9,13H2,1-2H3,(H,22,26). The summed E-state index contributed by atoms with van der Waals surface area (Å²) >= 11 is 0. The Kier molecular flexibility index (Phi) is 6.04. The highest BCUT2D eigenvalue weighted by atomic mass is 16.5. The van der Waals surface area contributed by atoms with Gasteiger partial charge in [0.2, 0.25) is 0 Å². The lowest BCUT2D eigenvalue weighted by atomic mass is 9.90. The fraction of sp³-hybridized carbons (Fsp3) is 0.524. The molecule has 0 radical (unpaired) electrons. The van der Waals surface area contributed by atoms with Gasteiger partial charge in [-0.2, -0.15) is 0 Å². The molecule has 6 nitrogen and oxygen atoms in total. The number of nitrogens with zero attached hydrogens (tertiary/aromatic N) is 1. The molecule has 2 N–H and O–H groups in total. The summed E-state index contributed by atoms with van der Waals surface area (Å²) in [5.41, 5.74) is 1.63. The molecule has 2 amide bonds. The number of allylic oxidation sites excluding steroid dienone is 1. The van der Waals surface area contributed by atoms with Gasteiger partial charge in [-0.15, -0.1) is 0 Å². The van der Waals surface area contributed by atoms with Gasteiger partial charge in [0.15, 0.2) is 0 Å². The number of carbonyl (C=O) groups excluding carboxylic acids is 2. The zero-order chi connectivity index (χ0) is 19.4. The van der Waals surface area contributed by atoms with Gasteiger partial charge in [-0.05, 0) is 50.3 Å². The fourth-order valence-electron chi connectivity index (χ4n) is 4.04. The fourth-order valence-corrected chi connectivity index (χ4v) is 4.04. The number of benzene rings is 1. The largest absolute Gasteiger partial charge is 0.508 e. The van der Waals surface area contributed by atoms with E-state index in [1.54, 1.807) is 30.0 Å². The highest BCUT2D eigenvalue weighted by Crippen LogP contribution is 2.35. The molecule has 1 fully saturated rings. The van der Waals surface area contributed by atoms with Crippen molar-refractivity contribution >= 4 is 12.0 Å². The maximum absolute atomic E-state index is 13.0. The monoisotopic (exact) mass is 372 g/mol. The van der Waals surface area contributed by atoms with Crippen molar-refractivity contribution in [2.24, 2.45) is 5.92 Å². The quantitative estimate of drug-likeness (QED) is 0.769. The minimum atomic E-state index is -0.574. The van der Waals surface area contributed by atoms with Gasteiger partial charge in [0.1, 0.15) is 5.75 Å². The van der Waals surface area contributed by atoms with Gasteiger partial charge in [-0.1, -0.05) is 31.4 Å². The zero-order valence-corrected chi connectivity index (χ0v) is 16.0. The molecule has 6 heteroatoms. The molecule has 1 unspecified atom stereocenters. The van der Waals surface area contributed by atoms with Crippen LogP contribution in [0.4, 0.5) is 4.79 Å². The molecule has 2 aliphatic rings. The maximum Gasteiger partial charge on any atom is 0.338 e. The van der Waals surface area contributed by atoms with Crippen molar-refractivity contribution < 1.29 is 19.4 Å². The number of carbonyl (C=O) groups is 2. The number of phenolic OH excluding ortho intramolecular Hbond substituents is 1. The third kappa shape index (κ3) is 4.26. The smallest absolute Gasteiger partial charge is 0.338 e. The van der Waals surface area contributed by atoms with Crippen LogP contribution in [-0.2, 0) is 9.53 Å². The Morgan fingerprint density at radius 1 is 1.30 bits per heavy atom. The van der Waals surface area contributed by atoms with Crippen LogP contribution >= 0.6 is 0 Å². The van der Waals surface area contributed by atoms with Gasteiger partial charge in [0.25, 0.3) is 0 Å². The highest BCUT2D eigenvalue weighted by Gasteiger charge is 2.38. The van der Waals surface area contributed by atoms with E-state index in [4.69, 9.17) is 4.74 Å². The molecular formula is C21H28N2O4. The molecule has 146 valence electrons. The number of aromatic hydroxyl groups is 1. The summed E-state index contributed by atoms with van der Waals surface area (Å²) in [6.45, 7) is 4.43. The second-order valence-electron chi connectivity index (χ2n) is 7.35. The summed E-state index contributed by atoms with van der Waals surface area (Å²) in [7, 11) is 0. The van der Waals surface area contributed by atoms with Gasteiger partial charge < -0.3 is 20.1 Å². The van der Waals surface area contributed by atoms with Crippen LogP contribution < -0.4 is 5.32 Å². The summed E-state index contributed by atoms with van der Waals surface area (Å²) in [6.07, 6.45) is 5.83. The predicted molar refractivity (Wildman–Crippen MR) is 102 cm³/mol. The van der Waals surface area contributed by atoms with Crippen molar-refractivity contribution in [3.8, 4) is 5.75 Å². The first-order valence-electron chi connectivity index (χ1n) is 9.75. The zero-order valence-electron chi connectivity index (χ0n) is 16.0. The lowest BCUT2D eigenvalue weighted by Gasteiger charge is -2.37. The van der Waals surface area contributed by atoms with Crippen LogP contribution in [0.15, 0.2) is 35.5 Å². The molecule has 0 saturated heterocycles. The molecule has 27 heavy (non-hydrogen) atoms. The Morgan fingerprint density at radius 3 is 2.70 bits per heavy atom. The van der Waals surface area contributed by atoms with E-state index >= 15 is 0 Å². The molecule has 1 aliphatic carbocycles. The predicted octanol–water partition coefficient (Wildman–Crippen LogP) is 3.88. The number of hydrogen-bond acceptors (Lipinski definition) is 4. The van der Waals surface area contributed by atoms with Crippen molar-refractivity contribution in [1.82, 2.24) is 10.2 Å². The molecule has 1 heterocycles. The summed E-state index contributed by atoms with van der Waals surface area (Å²) in [5, 5.41) is 12.6. The lowest BCUT2D eigenvalue weighted by molar-refractivity contribution is -0.141. The second-order valence-corrected chi connectivity index (χ2v) is 7.35. The number of phenols is 1. The molecule has 1 aromatic rings. The third-order valence-electron chi connectivity index (χ3n) is 5.47. The van der Waals surface area contributed by atoms with Crippen LogP contribution in [0.25, 0.3) is 0 Å². The van der Waals surface area contributed by atoms with Crippen molar-refractivity contribution in [3.05, 3.63) is 41.1 Å². The molecule has 3 rings (SSSR count). The van der Waals surface area contributed by atoms with Crippen LogP contribution in [0, 0.1) is 5.92 Å². The van der Waals surface area contributed by atoms with Gasteiger partial charge in [-0.25, -0.2) is 9.59 Å². The number of likely N-dealkylation sites (N-methyl/N-ethyl adjacent to an activating group) is 1. The first-order valence-corrected chi connectivity index (χ1v) is 9.75. The molecule has 1 atom stereocenters. The average molecular weight is 372 g/mol. The van der Waals surface area contributed by atoms with Crippen molar-refractivity contribution in [3.63, 3.8) is 0 Å². The summed E-state index contributed by atoms with van der Waals surface area (Å²) in [5.74, 6) is 0.121. The van der Waals surface area contributed by atoms with Gasteiger partial charge >= 0.3 is 12.0 Å². The van der Waals surface area contributed by atoms with Gasteiger partial charge in [0.05, 0.1) is 18.2 Å². The summed E-state index contributed by atoms with van der Waals surface area (Å²) < 4.78 is 5.66. The first-order chi connectivity index (χ1) is 13.0. The molecular weight excluding hydrogens is 344 g/mol. The molecule has 1 saturated carbocycles. The van der Waals surface area contributed by atoms with Crippen LogP contribution in [0.3, 0.4) is 0 Å². The van der Waals surface area contributed by atoms with E-state index < -0.39 is 12.0 Å². The van der Waals surface area contributed by atoms with Crippen molar-refractivity contribution in [2.75, 3.05) is 13.2 Å². The molecule has 0 spiro atoms. The van der Waals surface area contributed by atoms with E-state index in [0.717, 1.165) is 12.8 Å². The number of ether oxygens (including phenoxy) is 1. The van der Waals surface area contributed by atoms with Crippen LogP contribution in [-0.4, -0.2) is 35.2 Å². The highest BCUT2D eigenvalue weighted by molar-refractivity contribution is 5.95. The molecule has 1 aliphatic heterocycles. The van der Waals surface area contributed by atoms with E-state index in [0.29, 0.717) is 35.9 Å². The van der Waals surface area contributed by atoms with E-state index in [1.807, 2.05) is 13.0 Å². The summed E-state index contributed by atoms with van der Waals surface area (Å²) in [6, 6.07) is 5.86. The number of hydrogen-bond donors (Lipinski definition) is 2. The number of urea groups is 1. The topological polar surface area (TPSA) is 78.9 Å². The van der Waals surface area contributed by atoms with Crippen molar-refractivity contribution in [2.45, 2.75) is 52.0 Å². The van der Waals surface area contributed by atoms with Crippen molar-refractivity contribution in [1.29, 1.82) is 0 Å². The Balaban J connectivity index is 1.87. The number of esters is 1. The van der Waals surface area contributed by atoms with E-state index in [9.17, 15) is 14.7 Å². The minimum Gasteiger partial charge on any atom is -0.508 e. The number of nitrogens with one attached hydrogen (secondary N) is 1. The van der Waals surface area contributed by atoms with E-state index in [2.05, 4.69) is 5.32 Å². The SMILES string of the molecule is CCN1C(=O)NC(C)=C(C(=O)OCC2CCCCC2)C1c1cccc(O)c1. The molecule has 0 aromatic heterocycles. The Hall–Kier alpha value is -2.50. The average Bonchev–Trinajstić information content (AvgIpc) is 2.66. The second kappa shape index (κ2) is 8.46. The van der Waals surface area contributed by atoms with Gasteiger partial charge in [-0.3, -0.25) is 0 Å². The third-order valence-corrected chi connectivity index (χ3v) is 5.47. The van der Waals surface area contributed by atoms with Gasteiger partial charge in [0, 0.05) is 12.2 Å². The Labute approximate surface area is 160 Å². The first kappa shape index (κ1) is 19.3. The Bertz CT molecular complexity index is 737.